The van der Waals surface area contributed by atoms with Gasteiger partial charge in [-0.25, -0.2) is 0 Å². The standard InChI is InChI=1S/C31H51N7O11/c1-7-10-18(26(32)44)34-29(47)21-11-9-12-38(21)31(49)24(15(3)4)36-30(48)25(16(5)8-2)37-28(46)20(14-23(42)43)35-27(45)19(13-22(40)41)33-17(6)39/h15-16,18-21,24-25H,7-14H2,1-6H3,(H2,32,44)(H,33,39)(H,34,47)(H,35,45)(H,36,48)(H,37,46)(H,40,41)(H,42,43)/t16-,18+,19-,20+,21-,24-,25-/m0/s1. The lowest BCUT2D eigenvalue weighted by Crippen LogP contribution is -2.61. The third-order valence-corrected chi connectivity index (χ3v) is 8.18. The number of nitrogens with one attached hydrogen (secondary N) is 5. The second kappa shape index (κ2) is 19.9. The summed E-state index contributed by atoms with van der Waals surface area (Å²) in [6.07, 6.45) is 0.296. The molecule has 276 valence electrons. The lowest BCUT2D eigenvalue weighted by molar-refractivity contribution is -0.144. The summed E-state index contributed by atoms with van der Waals surface area (Å²) in [5, 5.41) is 30.6. The molecule has 1 rings (SSSR count). The highest BCUT2D eigenvalue weighted by molar-refractivity contribution is 5.98. The highest BCUT2D eigenvalue weighted by Gasteiger charge is 2.41. The summed E-state index contributed by atoms with van der Waals surface area (Å²) in [6, 6.07) is -7.65. The number of carboxylic acids is 2. The summed E-state index contributed by atoms with van der Waals surface area (Å²) in [5.41, 5.74) is 5.42. The van der Waals surface area contributed by atoms with E-state index < -0.39 is 114 Å². The Bertz CT molecular complexity index is 1240. The van der Waals surface area contributed by atoms with E-state index in [4.69, 9.17) is 10.8 Å². The van der Waals surface area contributed by atoms with Gasteiger partial charge in [-0.15, -0.1) is 0 Å². The maximum atomic E-state index is 13.8. The molecule has 0 aliphatic carbocycles. The Morgan fingerprint density at radius 1 is 0.755 bits per heavy atom. The molecule has 7 amide bonds. The number of likely N-dealkylation sites (tertiary alicyclic amines) is 1. The Morgan fingerprint density at radius 3 is 1.76 bits per heavy atom. The second-order valence-corrected chi connectivity index (χ2v) is 12.6. The molecule has 1 fully saturated rings. The van der Waals surface area contributed by atoms with Crippen molar-refractivity contribution in [1.29, 1.82) is 0 Å². The number of hydrogen-bond acceptors (Lipinski definition) is 9. The predicted octanol–water partition coefficient (Wildman–Crippen LogP) is -1.64. The summed E-state index contributed by atoms with van der Waals surface area (Å²) in [5.74, 6) is -9.50. The molecule has 9 N–H and O–H groups in total. The SMILES string of the molecule is CCC[C@@H](NC(=O)[C@@H]1CCCN1C(=O)[C@@H](NC(=O)[C@@H](NC(=O)[C@@H](CC(=O)O)NC(=O)[C@H](CC(=O)O)NC(C)=O)[C@@H](C)CC)C(C)C)C(N)=O. The minimum atomic E-state index is -1.77. The van der Waals surface area contributed by atoms with Crippen LogP contribution in [0.3, 0.4) is 0 Å². The molecule has 18 heteroatoms. The number of hydrogen-bond donors (Lipinski definition) is 8. The van der Waals surface area contributed by atoms with E-state index in [9.17, 15) is 48.3 Å². The number of primary amides is 1. The molecule has 7 atom stereocenters. The van der Waals surface area contributed by atoms with Gasteiger partial charge in [0.1, 0.15) is 36.3 Å². The van der Waals surface area contributed by atoms with Gasteiger partial charge in [0.05, 0.1) is 12.8 Å². The van der Waals surface area contributed by atoms with Crippen molar-refractivity contribution >= 4 is 53.3 Å². The van der Waals surface area contributed by atoms with Gasteiger partial charge in [-0.3, -0.25) is 43.2 Å². The van der Waals surface area contributed by atoms with E-state index >= 15 is 0 Å². The van der Waals surface area contributed by atoms with Crippen LogP contribution < -0.4 is 32.3 Å². The summed E-state index contributed by atoms with van der Waals surface area (Å²) in [6.45, 7) is 9.80. The molecule has 18 nitrogen and oxygen atoms in total. The van der Waals surface area contributed by atoms with Crippen molar-refractivity contribution in [2.45, 2.75) is 123 Å². The fourth-order valence-electron chi connectivity index (χ4n) is 5.32. The zero-order valence-corrected chi connectivity index (χ0v) is 28.9. The van der Waals surface area contributed by atoms with Crippen LogP contribution in [0.25, 0.3) is 0 Å². The average Bonchev–Trinajstić information content (AvgIpc) is 3.50. The molecule has 1 saturated heterocycles. The third-order valence-electron chi connectivity index (χ3n) is 8.18. The van der Waals surface area contributed by atoms with Crippen molar-refractivity contribution in [1.82, 2.24) is 31.5 Å². The normalized spacial score (nSPS) is 17.8. The minimum absolute atomic E-state index is 0.217. The van der Waals surface area contributed by atoms with Crippen LogP contribution in [0.2, 0.25) is 0 Å². The molecule has 0 bridgehead atoms. The summed E-state index contributed by atoms with van der Waals surface area (Å²) in [4.78, 5) is 114. The number of carbonyl (C=O) groups excluding carboxylic acids is 7. The molecule has 0 aromatic carbocycles. The molecule has 0 saturated carbocycles. The van der Waals surface area contributed by atoms with Gasteiger partial charge in [0.25, 0.3) is 0 Å². The van der Waals surface area contributed by atoms with Gasteiger partial charge >= 0.3 is 11.9 Å². The number of amides is 7. The van der Waals surface area contributed by atoms with E-state index in [1.165, 1.54) is 4.90 Å². The molecule has 0 unspecified atom stereocenters. The van der Waals surface area contributed by atoms with Crippen molar-refractivity contribution in [3.8, 4) is 0 Å². The van der Waals surface area contributed by atoms with Gasteiger partial charge in [-0.2, -0.15) is 0 Å². The fourth-order valence-corrected chi connectivity index (χ4v) is 5.32. The van der Waals surface area contributed by atoms with Crippen molar-refractivity contribution < 1.29 is 53.4 Å². The van der Waals surface area contributed by atoms with Crippen molar-refractivity contribution in [3.63, 3.8) is 0 Å². The van der Waals surface area contributed by atoms with Crippen LogP contribution in [-0.4, -0.2) is 111 Å². The maximum Gasteiger partial charge on any atom is 0.305 e. The molecule has 1 aliphatic heterocycles. The van der Waals surface area contributed by atoms with Crippen LogP contribution in [0, 0.1) is 11.8 Å². The van der Waals surface area contributed by atoms with Crippen molar-refractivity contribution in [3.05, 3.63) is 0 Å². The summed E-state index contributed by atoms with van der Waals surface area (Å²) >= 11 is 0. The summed E-state index contributed by atoms with van der Waals surface area (Å²) < 4.78 is 0. The molecule has 0 aromatic rings. The van der Waals surface area contributed by atoms with E-state index in [2.05, 4.69) is 26.6 Å². The first kappa shape index (κ1) is 42.3. The molecule has 0 aromatic heterocycles. The Morgan fingerprint density at radius 2 is 1.29 bits per heavy atom. The Balaban J connectivity index is 3.23. The number of nitrogens with zero attached hydrogens (tertiary/aromatic N) is 1. The first-order valence-electron chi connectivity index (χ1n) is 16.4. The molecule has 49 heavy (non-hydrogen) atoms. The average molecular weight is 698 g/mol. The number of carbonyl (C=O) groups is 9. The van der Waals surface area contributed by atoms with Crippen molar-refractivity contribution in [2.24, 2.45) is 17.6 Å². The first-order valence-corrected chi connectivity index (χ1v) is 16.4. The molecular formula is C31H51N7O11. The Hall–Kier alpha value is -4.77. The second-order valence-electron chi connectivity index (χ2n) is 12.6. The predicted molar refractivity (Wildman–Crippen MR) is 173 cm³/mol. The zero-order chi connectivity index (χ0) is 37.6. The van der Waals surface area contributed by atoms with Gasteiger partial charge in [-0.1, -0.05) is 47.5 Å². The van der Waals surface area contributed by atoms with Crippen molar-refractivity contribution in [2.75, 3.05) is 6.54 Å². The monoisotopic (exact) mass is 697 g/mol. The fraction of sp³-hybridized carbons (Fsp3) is 0.710. The topological polar surface area (TPSA) is 283 Å². The lowest BCUT2D eigenvalue weighted by Gasteiger charge is -2.33. The quantitative estimate of drug-likeness (QED) is 0.0714. The first-order chi connectivity index (χ1) is 22.8. The van der Waals surface area contributed by atoms with Crippen LogP contribution in [0.4, 0.5) is 0 Å². The van der Waals surface area contributed by atoms with Crippen LogP contribution >= 0.6 is 0 Å². The van der Waals surface area contributed by atoms with E-state index in [0.29, 0.717) is 32.1 Å². The number of rotatable bonds is 20. The largest absolute Gasteiger partial charge is 0.481 e. The Kier molecular flexibility index (Phi) is 17.2. The van der Waals surface area contributed by atoms with Crippen LogP contribution in [-0.2, 0) is 43.2 Å². The number of nitrogens with two attached hydrogens (primary N) is 1. The van der Waals surface area contributed by atoms with Crippen LogP contribution in [0.15, 0.2) is 0 Å². The van der Waals surface area contributed by atoms with E-state index in [0.717, 1.165) is 6.92 Å². The maximum absolute atomic E-state index is 13.8. The number of aliphatic carboxylic acids is 2. The van der Waals surface area contributed by atoms with Gasteiger partial charge in [0, 0.05) is 13.5 Å². The highest BCUT2D eigenvalue weighted by Crippen LogP contribution is 2.21. The van der Waals surface area contributed by atoms with Crippen LogP contribution in [0.5, 0.6) is 0 Å². The molecule has 0 spiro atoms. The molecule has 1 heterocycles. The smallest absolute Gasteiger partial charge is 0.305 e. The lowest BCUT2D eigenvalue weighted by atomic mass is 9.95. The molecular weight excluding hydrogens is 646 g/mol. The Labute approximate surface area is 285 Å². The molecule has 0 radical (unpaired) electrons. The van der Waals surface area contributed by atoms with Crippen LogP contribution in [0.1, 0.15) is 86.5 Å². The van der Waals surface area contributed by atoms with E-state index in [1.54, 1.807) is 27.7 Å². The van der Waals surface area contributed by atoms with E-state index in [-0.39, 0.29) is 6.54 Å². The summed E-state index contributed by atoms with van der Waals surface area (Å²) in [7, 11) is 0. The number of carboxylic acid groups (broad SMARTS) is 2. The van der Waals surface area contributed by atoms with Gasteiger partial charge in [0.2, 0.25) is 41.4 Å². The zero-order valence-electron chi connectivity index (χ0n) is 28.9. The van der Waals surface area contributed by atoms with Gasteiger partial charge in [0.15, 0.2) is 0 Å². The van der Waals surface area contributed by atoms with Gasteiger partial charge in [-0.05, 0) is 31.1 Å². The minimum Gasteiger partial charge on any atom is -0.481 e. The van der Waals surface area contributed by atoms with E-state index in [1.807, 2.05) is 6.92 Å². The third kappa shape index (κ3) is 13.3. The highest BCUT2D eigenvalue weighted by atomic mass is 16.4. The van der Waals surface area contributed by atoms with Gasteiger partial charge < -0.3 is 47.4 Å². The molecule has 1 aliphatic rings.